The SMILES string of the molecule is CCN1CC[C@@H](CNc2ccccc2S(=O)(=O)Nc2ccc3c(c2C(=O)O)OC[C@@H]2C[C@H]32)C1. The average Bonchev–Trinajstić information content (AvgIpc) is 3.46. The summed E-state index contributed by atoms with van der Waals surface area (Å²) in [6, 6.07) is 10.0. The van der Waals surface area contributed by atoms with Crippen LogP contribution in [0.5, 0.6) is 5.75 Å². The van der Waals surface area contributed by atoms with Crippen molar-refractivity contribution in [2.45, 2.75) is 30.6 Å². The molecule has 0 aromatic heterocycles. The normalized spacial score (nSPS) is 23.8. The number of rotatable bonds is 8. The maximum atomic E-state index is 13.3. The van der Waals surface area contributed by atoms with Gasteiger partial charge in [-0.2, -0.15) is 0 Å². The van der Waals surface area contributed by atoms with Crippen LogP contribution in [0.4, 0.5) is 11.4 Å². The molecule has 5 rings (SSSR count). The molecule has 0 bridgehead atoms. The van der Waals surface area contributed by atoms with Gasteiger partial charge in [-0.3, -0.25) is 4.72 Å². The van der Waals surface area contributed by atoms with Gasteiger partial charge in [-0.05, 0) is 61.5 Å². The molecule has 2 heterocycles. The molecular formula is C24H29N3O5S. The van der Waals surface area contributed by atoms with Gasteiger partial charge in [0.15, 0.2) is 0 Å². The molecule has 1 saturated carbocycles. The number of nitrogens with one attached hydrogen (secondary N) is 2. The third-order valence-electron chi connectivity index (χ3n) is 6.99. The number of aromatic carboxylic acids is 1. The standard InChI is InChI=1S/C24H29N3O5S/c1-2-27-10-9-15(13-27)12-25-19-5-3-4-6-21(19)33(30,31)26-20-8-7-17-18-11-16(18)14-32-23(17)22(20)24(28)29/h3-8,15-16,18,25-26H,2,9-14H2,1H3,(H,28,29)/t15-,16-,18-/m0/s1. The summed E-state index contributed by atoms with van der Waals surface area (Å²) in [6.07, 6.45) is 2.06. The van der Waals surface area contributed by atoms with Crippen LogP contribution in [-0.4, -0.2) is 57.2 Å². The minimum Gasteiger partial charge on any atom is -0.492 e. The first-order chi connectivity index (χ1) is 15.9. The van der Waals surface area contributed by atoms with E-state index in [1.807, 2.05) is 0 Å². The van der Waals surface area contributed by atoms with Gasteiger partial charge >= 0.3 is 5.97 Å². The second kappa shape index (κ2) is 8.53. The number of fused-ring (bicyclic) bond motifs is 3. The largest absolute Gasteiger partial charge is 0.492 e. The van der Waals surface area contributed by atoms with E-state index in [2.05, 4.69) is 21.9 Å². The Morgan fingerprint density at radius 2 is 2.03 bits per heavy atom. The molecule has 0 amide bonds. The lowest BCUT2D eigenvalue weighted by Crippen LogP contribution is -2.23. The van der Waals surface area contributed by atoms with Gasteiger partial charge in [0, 0.05) is 19.0 Å². The second-order valence-electron chi connectivity index (χ2n) is 9.16. The molecule has 0 spiro atoms. The molecule has 2 aliphatic heterocycles. The maximum Gasteiger partial charge on any atom is 0.341 e. The van der Waals surface area contributed by atoms with Crippen molar-refractivity contribution >= 4 is 27.4 Å². The summed E-state index contributed by atoms with van der Waals surface area (Å²) < 4.78 is 34.9. The zero-order chi connectivity index (χ0) is 23.2. The van der Waals surface area contributed by atoms with E-state index in [-0.39, 0.29) is 21.9 Å². The highest BCUT2D eigenvalue weighted by atomic mass is 32.2. The Morgan fingerprint density at radius 3 is 2.79 bits per heavy atom. The lowest BCUT2D eigenvalue weighted by atomic mass is 10.0. The summed E-state index contributed by atoms with van der Waals surface area (Å²) in [6.45, 7) is 6.36. The fourth-order valence-corrected chi connectivity index (χ4v) is 6.27. The van der Waals surface area contributed by atoms with Crippen molar-refractivity contribution in [3.8, 4) is 5.75 Å². The van der Waals surface area contributed by atoms with Crippen LogP contribution in [0.25, 0.3) is 0 Å². The van der Waals surface area contributed by atoms with Crippen molar-refractivity contribution in [1.82, 2.24) is 4.90 Å². The summed E-state index contributed by atoms with van der Waals surface area (Å²) >= 11 is 0. The predicted molar refractivity (Wildman–Crippen MR) is 126 cm³/mol. The number of carbonyl (C=O) groups is 1. The van der Waals surface area contributed by atoms with Crippen LogP contribution in [-0.2, 0) is 10.0 Å². The molecule has 33 heavy (non-hydrogen) atoms. The smallest absolute Gasteiger partial charge is 0.341 e. The zero-order valence-electron chi connectivity index (χ0n) is 18.6. The van der Waals surface area contributed by atoms with E-state index in [0.29, 0.717) is 36.6 Å². The number of carboxylic acids is 1. The van der Waals surface area contributed by atoms with Crippen molar-refractivity contribution in [2.24, 2.45) is 11.8 Å². The monoisotopic (exact) mass is 471 g/mol. The first-order valence-electron chi connectivity index (χ1n) is 11.5. The molecule has 9 heteroatoms. The van der Waals surface area contributed by atoms with Crippen LogP contribution in [0.3, 0.4) is 0 Å². The number of benzene rings is 2. The molecule has 1 aliphatic carbocycles. The van der Waals surface area contributed by atoms with Crippen LogP contribution in [0, 0.1) is 11.8 Å². The van der Waals surface area contributed by atoms with Crippen molar-refractivity contribution in [1.29, 1.82) is 0 Å². The Bertz CT molecular complexity index is 1180. The van der Waals surface area contributed by atoms with Crippen molar-refractivity contribution in [3.63, 3.8) is 0 Å². The van der Waals surface area contributed by atoms with Crippen LogP contribution in [0.1, 0.15) is 41.6 Å². The molecule has 3 aliphatic rings. The van der Waals surface area contributed by atoms with Crippen LogP contribution in [0.15, 0.2) is 41.3 Å². The Morgan fingerprint density at radius 1 is 1.21 bits per heavy atom. The summed E-state index contributed by atoms with van der Waals surface area (Å²) in [5, 5.41) is 13.2. The van der Waals surface area contributed by atoms with Gasteiger partial charge in [0.2, 0.25) is 0 Å². The molecule has 176 valence electrons. The summed E-state index contributed by atoms with van der Waals surface area (Å²) in [5.41, 5.74) is 1.25. The van der Waals surface area contributed by atoms with Crippen molar-refractivity contribution in [3.05, 3.63) is 47.5 Å². The summed E-state index contributed by atoms with van der Waals surface area (Å²) in [4.78, 5) is 14.5. The highest BCUT2D eigenvalue weighted by Crippen LogP contribution is 2.55. The second-order valence-corrected chi connectivity index (χ2v) is 10.8. The molecule has 3 atom stereocenters. The Labute approximate surface area is 194 Å². The van der Waals surface area contributed by atoms with Gasteiger partial charge in [0.25, 0.3) is 10.0 Å². The first-order valence-corrected chi connectivity index (χ1v) is 13.0. The number of nitrogens with zero attached hydrogens (tertiary/aromatic N) is 1. The van der Waals surface area contributed by atoms with E-state index < -0.39 is 16.0 Å². The minimum absolute atomic E-state index is 0.0181. The third-order valence-corrected chi connectivity index (χ3v) is 8.41. The number of ether oxygens (including phenoxy) is 1. The maximum absolute atomic E-state index is 13.3. The van der Waals surface area contributed by atoms with E-state index in [9.17, 15) is 18.3 Å². The van der Waals surface area contributed by atoms with Crippen LogP contribution >= 0.6 is 0 Å². The number of carboxylic acid groups (broad SMARTS) is 1. The summed E-state index contributed by atoms with van der Waals surface area (Å²) in [7, 11) is -4.03. The topological polar surface area (TPSA) is 108 Å². The Kier molecular flexibility index (Phi) is 5.70. The third kappa shape index (κ3) is 4.27. The van der Waals surface area contributed by atoms with Crippen molar-refractivity contribution < 1.29 is 23.1 Å². The van der Waals surface area contributed by atoms with Crippen molar-refractivity contribution in [2.75, 3.05) is 42.8 Å². The Hall–Kier alpha value is -2.78. The first kappa shape index (κ1) is 22.0. The van der Waals surface area contributed by atoms with Gasteiger partial charge in [-0.15, -0.1) is 0 Å². The fourth-order valence-electron chi connectivity index (χ4n) is 5.01. The minimum atomic E-state index is -4.03. The molecule has 2 aromatic rings. The van der Waals surface area contributed by atoms with E-state index in [1.165, 1.54) is 12.1 Å². The summed E-state index contributed by atoms with van der Waals surface area (Å²) in [5.74, 6) is 0.272. The van der Waals surface area contributed by atoms with E-state index in [4.69, 9.17) is 4.74 Å². The average molecular weight is 472 g/mol. The van der Waals surface area contributed by atoms with Gasteiger partial charge in [0.1, 0.15) is 16.2 Å². The number of para-hydroxylation sites is 1. The lowest BCUT2D eigenvalue weighted by Gasteiger charge is -2.22. The molecule has 0 radical (unpaired) electrons. The molecule has 0 unspecified atom stereocenters. The van der Waals surface area contributed by atoms with Gasteiger partial charge in [-0.25, -0.2) is 13.2 Å². The fraction of sp³-hybridized carbons (Fsp3) is 0.458. The number of hydrogen-bond donors (Lipinski definition) is 3. The molecule has 8 nitrogen and oxygen atoms in total. The molecule has 2 aromatic carbocycles. The number of anilines is 2. The lowest BCUT2D eigenvalue weighted by molar-refractivity contribution is 0.0692. The molecular weight excluding hydrogens is 442 g/mol. The molecule has 2 fully saturated rings. The van der Waals surface area contributed by atoms with Gasteiger partial charge in [-0.1, -0.05) is 25.1 Å². The zero-order valence-corrected chi connectivity index (χ0v) is 19.4. The van der Waals surface area contributed by atoms with E-state index in [1.54, 1.807) is 24.3 Å². The van der Waals surface area contributed by atoms with Crippen LogP contribution in [0.2, 0.25) is 0 Å². The predicted octanol–water partition coefficient (Wildman–Crippen LogP) is 3.44. The molecule has 1 saturated heterocycles. The Balaban J connectivity index is 1.40. The number of hydrogen-bond acceptors (Lipinski definition) is 6. The molecule has 3 N–H and O–H groups in total. The number of sulfonamides is 1. The quantitative estimate of drug-likeness (QED) is 0.541. The highest BCUT2D eigenvalue weighted by molar-refractivity contribution is 7.92. The van der Waals surface area contributed by atoms with Gasteiger partial charge in [0.05, 0.1) is 18.0 Å². The van der Waals surface area contributed by atoms with E-state index >= 15 is 0 Å². The van der Waals surface area contributed by atoms with E-state index in [0.717, 1.165) is 38.0 Å². The highest BCUT2D eigenvalue weighted by Gasteiger charge is 2.45. The number of likely N-dealkylation sites (tertiary alicyclic amines) is 1. The van der Waals surface area contributed by atoms with Gasteiger partial charge < -0.3 is 20.1 Å². The van der Waals surface area contributed by atoms with Crippen LogP contribution < -0.4 is 14.8 Å².